The molecule has 0 atom stereocenters. The summed E-state index contributed by atoms with van der Waals surface area (Å²) in [7, 11) is 0. The molecule has 0 radical (unpaired) electrons. The second kappa shape index (κ2) is 10.6. The SMILES string of the molecule is CC(C)COC(=O)CN1C(=O)S/C(=C/c2cccc(OCc3cccc4ccccc34)c2)C1=O. The van der Waals surface area contributed by atoms with E-state index in [2.05, 4.69) is 18.2 Å². The maximum absolute atomic E-state index is 12.7. The summed E-state index contributed by atoms with van der Waals surface area (Å²) in [5.41, 5.74) is 1.80. The molecule has 3 aromatic rings. The Labute approximate surface area is 202 Å². The maximum Gasteiger partial charge on any atom is 0.326 e. The lowest BCUT2D eigenvalue weighted by atomic mass is 10.1. The molecule has 0 bridgehead atoms. The lowest BCUT2D eigenvalue weighted by Gasteiger charge is -2.12. The molecule has 0 spiro atoms. The molecule has 0 unspecified atom stereocenters. The topological polar surface area (TPSA) is 72.9 Å². The first kappa shape index (κ1) is 23.6. The van der Waals surface area contributed by atoms with Crippen molar-refractivity contribution in [3.8, 4) is 5.75 Å². The predicted molar refractivity (Wildman–Crippen MR) is 133 cm³/mol. The highest BCUT2D eigenvalue weighted by molar-refractivity contribution is 8.18. The van der Waals surface area contributed by atoms with Gasteiger partial charge in [-0.3, -0.25) is 19.3 Å². The highest BCUT2D eigenvalue weighted by Gasteiger charge is 2.36. The number of hydrogen-bond acceptors (Lipinski definition) is 6. The van der Waals surface area contributed by atoms with E-state index in [1.54, 1.807) is 6.08 Å². The fraction of sp³-hybridized carbons (Fsp3) is 0.222. The van der Waals surface area contributed by atoms with Crippen LogP contribution in [0.1, 0.15) is 25.0 Å². The molecular weight excluding hydrogens is 450 g/mol. The van der Waals surface area contributed by atoms with Crippen molar-refractivity contribution in [3.63, 3.8) is 0 Å². The molecule has 6 nitrogen and oxygen atoms in total. The van der Waals surface area contributed by atoms with E-state index in [1.807, 2.05) is 62.4 Å². The molecule has 0 aliphatic carbocycles. The molecule has 174 valence electrons. The Balaban J connectivity index is 1.43. The largest absolute Gasteiger partial charge is 0.489 e. The fourth-order valence-corrected chi connectivity index (χ4v) is 4.33. The van der Waals surface area contributed by atoms with Gasteiger partial charge in [0.1, 0.15) is 18.9 Å². The number of nitrogens with zero attached hydrogens (tertiary/aromatic N) is 1. The molecule has 2 amide bonds. The van der Waals surface area contributed by atoms with Crippen molar-refractivity contribution in [1.29, 1.82) is 0 Å². The van der Waals surface area contributed by atoms with Gasteiger partial charge in [0, 0.05) is 0 Å². The first-order valence-electron chi connectivity index (χ1n) is 11.0. The van der Waals surface area contributed by atoms with Crippen LogP contribution in [0.15, 0.2) is 71.6 Å². The van der Waals surface area contributed by atoms with Crippen LogP contribution in [-0.2, 0) is 20.9 Å². The first-order valence-corrected chi connectivity index (χ1v) is 11.8. The van der Waals surface area contributed by atoms with Gasteiger partial charge in [0.25, 0.3) is 11.1 Å². The number of amides is 2. The Morgan fingerprint density at radius 2 is 1.79 bits per heavy atom. The summed E-state index contributed by atoms with van der Waals surface area (Å²) in [6.45, 7) is 4.09. The van der Waals surface area contributed by atoms with Gasteiger partial charge in [0.15, 0.2) is 0 Å². The van der Waals surface area contributed by atoms with Crippen LogP contribution in [0, 0.1) is 5.92 Å². The summed E-state index contributed by atoms with van der Waals surface area (Å²) < 4.78 is 11.1. The molecule has 3 aromatic carbocycles. The van der Waals surface area contributed by atoms with Crippen LogP contribution in [0.5, 0.6) is 5.75 Å². The molecule has 0 N–H and O–H groups in total. The van der Waals surface area contributed by atoms with Crippen molar-refractivity contribution in [2.75, 3.05) is 13.2 Å². The van der Waals surface area contributed by atoms with Crippen molar-refractivity contribution in [3.05, 3.63) is 82.8 Å². The van der Waals surface area contributed by atoms with E-state index in [-0.39, 0.29) is 24.0 Å². The highest BCUT2D eigenvalue weighted by Crippen LogP contribution is 2.32. The van der Waals surface area contributed by atoms with Crippen molar-refractivity contribution >= 4 is 45.7 Å². The number of carbonyl (C=O) groups excluding carboxylic acids is 3. The minimum Gasteiger partial charge on any atom is -0.489 e. The van der Waals surface area contributed by atoms with Gasteiger partial charge in [-0.1, -0.05) is 68.4 Å². The highest BCUT2D eigenvalue weighted by atomic mass is 32.2. The van der Waals surface area contributed by atoms with Crippen LogP contribution in [0.4, 0.5) is 4.79 Å². The molecule has 0 saturated carbocycles. The average molecular weight is 476 g/mol. The minimum atomic E-state index is -0.596. The molecular formula is C27H25NO5S. The first-order chi connectivity index (χ1) is 16.4. The molecule has 7 heteroatoms. The van der Waals surface area contributed by atoms with Crippen molar-refractivity contribution in [1.82, 2.24) is 4.90 Å². The lowest BCUT2D eigenvalue weighted by Crippen LogP contribution is -2.34. The second-order valence-corrected chi connectivity index (χ2v) is 9.34. The van der Waals surface area contributed by atoms with Crippen LogP contribution in [0.25, 0.3) is 16.8 Å². The second-order valence-electron chi connectivity index (χ2n) is 8.34. The smallest absolute Gasteiger partial charge is 0.326 e. The zero-order chi connectivity index (χ0) is 24.1. The van der Waals surface area contributed by atoms with Crippen molar-refractivity contribution in [2.24, 2.45) is 5.92 Å². The Morgan fingerprint density at radius 3 is 2.62 bits per heavy atom. The summed E-state index contributed by atoms with van der Waals surface area (Å²) in [4.78, 5) is 38.1. The fourth-order valence-electron chi connectivity index (χ4n) is 3.50. The monoisotopic (exact) mass is 475 g/mol. The van der Waals surface area contributed by atoms with Gasteiger partial charge in [0.05, 0.1) is 11.5 Å². The van der Waals surface area contributed by atoms with E-state index in [4.69, 9.17) is 9.47 Å². The Hall–Kier alpha value is -3.58. The van der Waals surface area contributed by atoms with Gasteiger partial charge >= 0.3 is 5.97 Å². The Morgan fingerprint density at radius 1 is 1.03 bits per heavy atom. The van der Waals surface area contributed by atoms with Crippen LogP contribution < -0.4 is 4.74 Å². The number of fused-ring (bicyclic) bond motifs is 1. The van der Waals surface area contributed by atoms with E-state index in [0.29, 0.717) is 12.4 Å². The number of ether oxygens (including phenoxy) is 2. The van der Waals surface area contributed by atoms with Crippen molar-refractivity contribution < 1.29 is 23.9 Å². The molecule has 1 aliphatic heterocycles. The zero-order valence-corrected chi connectivity index (χ0v) is 19.8. The standard InChI is InChI=1S/C27H25NO5S/c1-18(2)16-33-25(29)15-28-26(30)24(34-27(28)31)14-19-7-5-11-22(13-19)32-17-21-10-6-9-20-8-3-4-12-23(20)21/h3-14,18H,15-17H2,1-2H3/b24-14+. The molecule has 1 saturated heterocycles. The van der Waals surface area contributed by atoms with E-state index in [1.165, 1.54) is 0 Å². The van der Waals surface area contributed by atoms with Gasteiger partial charge in [0.2, 0.25) is 0 Å². The number of carbonyl (C=O) groups is 3. The summed E-state index contributed by atoms with van der Waals surface area (Å²) in [5, 5.41) is 1.81. The minimum absolute atomic E-state index is 0.175. The predicted octanol–water partition coefficient (Wildman–Crippen LogP) is 5.65. The third-order valence-electron chi connectivity index (χ3n) is 5.17. The molecule has 1 aliphatic rings. The van der Waals surface area contributed by atoms with Crippen LogP contribution in [0.2, 0.25) is 0 Å². The Bertz CT molecular complexity index is 1260. The van der Waals surface area contributed by atoms with E-state index in [0.717, 1.165) is 38.6 Å². The molecule has 1 heterocycles. The van der Waals surface area contributed by atoms with Gasteiger partial charge < -0.3 is 9.47 Å². The summed E-state index contributed by atoms with van der Waals surface area (Å²) in [6.07, 6.45) is 1.63. The van der Waals surface area contributed by atoms with E-state index in [9.17, 15) is 14.4 Å². The van der Waals surface area contributed by atoms with Gasteiger partial charge in [-0.15, -0.1) is 0 Å². The van der Waals surface area contributed by atoms with Gasteiger partial charge in [-0.05, 0) is 57.8 Å². The van der Waals surface area contributed by atoms with Crippen LogP contribution in [-0.4, -0.2) is 35.2 Å². The number of hydrogen-bond donors (Lipinski definition) is 0. The Kier molecular flexibility index (Phi) is 7.33. The van der Waals surface area contributed by atoms with Crippen LogP contribution >= 0.6 is 11.8 Å². The summed E-state index contributed by atoms with van der Waals surface area (Å²) in [6, 6.07) is 21.6. The average Bonchev–Trinajstić information content (AvgIpc) is 3.09. The normalized spacial score (nSPS) is 14.9. The summed E-state index contributed by atoms with van der Waals surface area (Å²) >= 11 is 0.810. The number of benzene rings is 3. The molecule has 34 heavy (non-hydrogen) atoms. The van der Waals surface area contributed by atoms with E-state index < -0.39 is 17.1 Å². The van der Waals surface area contributed by atoms with Gasteiger partial charge in [-0.2, -0.15) is 0 Å². The number of thioether (sulfide) groups is 1. The lowest BCUT2D eigenvalue weighted by molar-refractivity contribution is -0.147. The number of imide groups is 1. The summed E-state index contributed by atoms with van der Waals surface area (Å²) in [5.74, 6) is -0.272. The molecule has 0 aromatic heterocycles. The van der Waals surface area contributed by atoms with E-state index >= 15 is 0 Å². The molecule has 4 rings (SSSR count). The quantitative estimate of drug-likeness (QED) is 0.309. The number of esters is 1. The zero-order valence-electron chi connectivity index (χ0n) is 19.0. The number of rotatable bonds is 8. The van der Waals surface area contributed by atoms with Gasteiger partial charge in [-0.25, -0.2) is 0 Å². The maximum atomic E-state index is 12.7. The third-order valence-corrected chi connectivity index (χ3v) is 6.08. The molecule has 1 fully saturated rings. The van der Waals surface area contributed by atoms with Crippen molar-refractivity contribution in [2.45, 2.75) is 20.5 Å². The van der Waals surface area contributed by atoms with Crippen LogP contribution in [0.3, 0.4) is 0 Å². The third kappa shape index (κ3) is 5.66.